The number of sulfonamides is 1. The fraction of sp³-hybridized carbons (Fsp3) is 0.556. The maximum absolute atomic E-state index is 12.7. The van der Waals surface area contributed by atoms with Crippen LogP contribution in [0.3, 0.4) is 0 Å². The number of rotatable bonds is 9. The molecule has 0 saturated heterocycles. The van der Waals surface area contributed by atoms with Crippen molar-refractivity contribution in [2.24, 2.45) is 0 Å². The van der Waals surface area contributed by atoms with E-state index in [0.29, 0.717) is 13.1 Å². The molecule has 1 saturated carbocycles. The molecular formula is C18H27N3O5S. The Morgan fingerprint density at radius 3 is 2.37 bits per heavy atom. The average Bonchev–Trinajstić information content (AvgIpc) is 3.44. The van der Waals surface area contributed by atoms with Gasteiger partial charge in [-0.1, -0.05) is 0 Å². The zero-order chi connectivity index (χ0) is 20.2. The molecule has 1 aliphatic rings. The van der Waals surface area contributed by atoms with Crippen molar-refractivity contribution in [2.75, 3.05) is 33.8 Å². The monoisotopic (exact) mass is 397 g/mol. The molecule has 27 heavy (non-hydrogen) atoms. The van der Waals surface area contributed by atoms with Crippen LogP contribution in [-0.2, 0) is 14.8 Å². The summed E-state index contributed by atoms with van der Waals surface area (Å²) >= 11 is 0. The molecule has 0 aliphatic heterocycles. The summed E-state index contributed by atoms with van der Waals surface area (Å²) in [5.41, 5.74) is 0.182. The van der Waals surface area contributed by atoms with Gasteiger partial charge in [-0.15, -0.1) is 0 Å². The van der Waals surface area contributed by atoms with E-state index in [0.717, 1.165) is 12.8 Å². The Kier molecular flexibility index (Phi) is 6.83. The zero-order valence-corrected chi connectivity index (χ0v) is 17.0. The predicted molar refractivity (Wildman–Crippen MR) is 101 cm³/mol. The SMILES string of the molecule is CCN(CC)C(=O)CN(C)C(=O)c1ccc(OC)c(S(=O)(=O)NC2CC2)c1. The van der Waals surface area contributed by atoms with Gasteiger partial charge in [0, 0.05) is 31.7 Å². The minimum atomic E-state index is -3.79. The molecule has 0 atom stereocenters. The number of carbonyl (C=O) groups is 2. The number of nitrogens with zero attached hydrogens (tertiary/aromatic N) is 2. The summed E-state index contributed by atoms with van der Waals surface area (Å²) in [4.78, 5) is 27.7. The standard InChI is InChI=1S/C18H27N3O5S/c1-5-21(6-2)17(22)12-20(3)18(23)13-7-10-15(26-4)16(11-13)27(24,25)19-14-8-9-14/h7,10-11,14,19H,5-6,8-9,12H2,1-4H3. The van der Waals surface area contributed by atoms with Crippen LogP contribution >= 0.6 is 0 Å². The molecule has 0 bridgehead atoms. The summed E-state index contributed by atoms with van der Waals surface area (Å²) in [5.74, 6) is -0.421. The maximum Gasteiger partial charge on any atom is 0.254 e. The van der Waals surface area contributed by atoms with Crippen LogP contribution in [0, 0.1) is 0 Å². The Morgan fingerprint density at radius 2 is 1.85 bits per heavy atom. The number of carbonyl (C=O) groups excluding carboxylic acids is 2. The largest absolute Gasteiger partial charge is 0.495 e. The van der Waals surface area contributed by atoms with Crippen molar-refractivity contribution < 1.29 is 22.7 Å². The number of benzene rings is 1. The minimum Gasteiger partial charge on any atom is -0.495 e. The van der Waals surface area contributed by atoms with Crippen molar-refractivity contribution in [3.8, 4) is 5.75 Å². The first-order chi connectivity index (χ1) is 12.7. The third-order valence-corrected chi connectivity index (χ3v) is 5.98. The number of hydrogen-bond acceptors (Lipinski definition) is 5. The van der Waals surface area contributed by atoms with Gasteiger partial charge in [0.1, 0.15) is 10.6 Å². The number of methoxy groups -OCH3 is 1. The van der Waals surface area contributed by atoms with Gasteiger partial charge in [-0.25, -0.2) is 13.1 Å². The quantitative estimate of drug-likeness (QED) is 0.673. The molecule has 0 unspecified atom stereocenters. The summed E-state index contributed by atoms with van der Waals surface area (Å²) in [7, 11) is -0.892. The highest BCUT2D eigenvalue weighted by Gasteiger charge is 2.30. The Morgan fingerprint density at radius 1 is 1.22 bits per heavy atom. The molecule has 1 aromatic rings. The Balaban J connectivity index is 2.23. The fourth-order valence-electron chi connectivity index (χ4n) is 2.68. The highest BCUT2D eigenvalue weighted by atomic mass is 32.2. The Labute approximate surface area is 160 Å². The maximum atomic E-state index is 12.7. The minimum absolute atomic E-state index is 0.0616. The van der Waals surface area contributed by atoms with Gasteiger partial charge in [0.15, 0.2) is 0 Å². The number of nitrogens with one attached hydrogen (secondary N) is 1. The van der Waals surface area contributed by atoms with E-state index in [1.54, 1.807) is 4.90 Å². The van der Waals surface area contributed by atoms with Gasteiger partial charge in [-0.2, -0.15) is 0 Å². The van der Waals surface area contributed by atoms with E-state index in [-0.39, 0.29) is 34.7 Å². The molecule has 150 valence electrons. The molecule has 0 radical (unpaired) electrons. The molecule has 2 amide bonds. The third-order valence-electron chi connectivity index (χ3n) is 4.43. The van der Waals surface area contributed by atoms with Crippen LogP contribution in [0.4, 0.5) is 0 Å². The van der Waals surface area contributed by atoms with Gasteiger partial charge < -0.3 is 14.5 Å². The van der Waals surface area contributed by atoms with E-state index < -0.39 is 15.9 Å². The molecule has 1 fully saturated rings. The summed E-state index contributed by atoms with van der Waals surface area (Å²) in [6.45, 7) is 4.80. The number of likely N-dealkylation sites (N-methyl/N-ethyl adjacent to an activating group) is 2. The first kappa shape index (κ1) is 21.2. The van der Waals surface area contributed by atoms with Crippen LogP contribution in [0.15, 0.2) is 23.1 Å². The highest BCUT2D eigenvalue weighted by Crippen LogP contribution is 2.28. The summed E-state index contributed by atoms with van der Waals surface area (Å²) in [6, 6.07) is 4.18. The third kappa shape index (κ3) is 5.20. The lowest BCUT2D eigenvalue weighted by molar-refractivity contribution is -0.131. The lowest BCUT2D eigenvalue weighted by Gasteiger charge is -2.23. The molecule has 1 aromatic carbocycles. The molecule has 1 aliphatic carbocycles. The number of hydrogen-bond donors (Lipinski definition) is 1. The van der Waals surface area contributed by atoms with Crippen molar-refractivity contribution in [3.63, 3.8) is 0 Å². The lowest BCUT2D eigenvalue weighted by atomic mass is 10.2. The van der Waals surface area contributed by atoms with Crippen molar-refractivity contribution in [3.05, 3.63) is 23.8 Å². The van der Waals surface area contributed by atoms with Gasteiger partial charge in [0.2, 0.25) is 15.9 Å². The van der Waals surface area contributed by atoms with E-state index in [4.69, 9.17) is 4.74 Å². The summed E-state index contributed by atoms with van der Waals surface area (Å²) in [5, 5.41) is 0. The molecule has 8 nitrogen and oxygen atoms in total. The lowest BCUT2D eigenvalue weighted by Crippen LogP contribution is -2.41. The van der Waals surface area contributed by atoms with E-state index in [1.165, 1.54) is 37.3 Å². The molecule has 2 rings (SSSR count). The van der Waals surface area contributed by atoms with E-state index in [2.05, 4.69) is 4.72 Å². The van der Waals surface area contributed by atoms with Gasteiger partial charge >= 0.3 is 0 Å². The van der Waals surface area contributed by atoms with Crippen molar-refractivity contribution >= 4 is 21.8 Å². The van der Waals surface area contributed by atoms with Crippen molar-refractivity contribution in [1.29, 1.82) is 0 Å². The number of amides is 2. The van der Waals surface area contributed by atoms with E-state index >= 15 is 0 Å². The van der Waals surface area contributed by atoms with Crippen LogP contribution in [0.25, 0.3) is 0 Å². The smallest absolute Gasteiger partial charge is 0.254 e. The summed E-state index contributed by atoms with van der Waals surface area (Å²) < 4.78 is 32.9. The molecule has 0 heterocycles. The molecule has 0 aromatic heterocycles. The first-order valence-electron chi connectivity index (χ1n) is 8.97. The van der Waals surface area contributed by atoms with Crippen LogP contribution in [0.1, 0.15) is 37.0 Å². The first-order valence-corrected chi connectivity index (χ1v) is 10.4. The second-order valence-corrected chi connectivity index (χ2v) is 8.17. The molecule has 1 N–H and O–H groups in total. The molecule has 0 spiro atoms. The Bertz CT molecular complexity index is 801. The van der Waals surface area contributed by atoms with Gasteiger partial charge in [-0.3, -0.25) is 9.59 Å². The second kappa shape index (κ2) is 8.71. The van der Waals surface area contributed by atoms with Crippen LogP contribution < -0.4 is 9.46 Å². The second-order valence-electron chi connectivity index (χ2n) is 6.49. The average molecular weight is 397 g/mol. The van der Waals surface area contributed by atoms with Crippen LogP contribution in [0.5, 0.6) is 5.75 Å². The predicted octanol–water partition coefficient (Wildman–Crippen LogP) is 1.08. The fourth-order valence-corrected chi connectivity index (χ4v) is 4.18. The molecular weight excluding hydrogens is 370 g/mol. The van der Waals surface area contributed by atoms with Gasteiger partial charge in [0.05, 0.1) is 13.7 Å². The van der Waals surface area contributed by atoms with Crippen LogP contribution in [-0.4, -0.2) is 69.9 Å². The Hall–Kier alpha value is -2.13. The van der Waals surface area contributed by atoms with E-state index in [1.807, 2.05) is 13.8 Å². The van der Waals surface area contributed by atoms with Crippen molar-refractivity contribution in [2.45, 2.75) is 37.6 Å². The van der Waals surface area contributed by atoms with Crippen molar-refractivity contribution in [1.82, 2.24) is 14.5 Å². The number of ether oxygens (including phenoxy) is 1. The zero-order valence-electron chi connectivity index (χ0n) is 16.2. The van der Waals surface area contributed by atoms with Gasteiger partial charge in [0.25, 0.3) is 5.91 Å². The normalized spacial score (nSPS) is 13.9. The topological polar surface area (TPSA) is 96.0 Å². The highest BCUT2D eigenvalue weighted by molar-refractivity contribution is 7.89. The van der Waals surface area contributed by atoms with E-state index in [9.17, 15) is 18.0 Å². The van der Waals surface area contributed by atoms with Crippen LogP contribution in [0.2, 0.25) is 0 Å². The summed E-state index contributed by atoms with van der Waals surface area (Å²) in [6.07, 6.45) is 1.60. The molecule has 9 heteroatoms. The van der Waals surface area contributed by atoms with Gasteiger partial charge in [-0.05, 0) is 44.9 Å².